The van der Waals surface area contributed by atoms with Gasteiger partial charge in [0.25, 0.3) is 0 Å². The van der Waals surface area contributed by atoms with Gasteiger partial charge in [0, 0.05) is 18.7 Å². The fourth-order valence-corrected chi connectivity index (χ4v) is 5.12. The maximum Gasteiger partial charge on any atom is 0.410 e. The molecule has 0 radical (unpaired) electrons. The Hall–Kier alpha value is -2.93. The van der Waals surface area contributed by atoms with E-state index < -0.39 is 0 Å². The zero-order valence-electron chi connectivity index (χ0n) is 19.2. The Morgan fingerprint density at radius 2 is 1.73 bits per heavy atom. The zero-order chi connectivity index (χ0) is 22.6. The number of nitrogens with zero attached hydrogens (tertiary/aromatic N) is 2. The lowest BCUT2D eigenvalue weighted by Gasteiger charge is -2.36. The first-order valence-corrected chi connectivity index (χ1v) is 11.9. The van der Waals surface area contributed by atoms with E-state index in [1.165, 1.54) is 0 Å². The quantitative estimate of drug-likeness (QED) is 0.630. The van der Waals surface area contributed by atoms with Gasteiger partial charge in [-0.25, -0.2) is 4.79 Å². The molecule has 5 rings (SSSR count). The van der Waals surface area contributed by atoms with Gasteiger partial charge >= 0.3 is 6.09 Å². The summed E-state index contributed by atoms with van der Waals surface area (Å²) in [6, 6.07) is 15.7. The van der Waals surface area contributed by atoms with Gasteiger partial charge < -0.3 is 18.9 Å². The summed E-state index contributed by atoms with van der Waals surface area (Å²) in [6.45, 7) is 4.67. The average molecular weight is 453 g/mol. The molecule has 0 aliphatic carbocycles. The van der Waals surface area contributed by atoms with Crippen molar-refractivity contribution in [3.63, 3.8) is 0 Å². The van der Waals surface area contributed by atoms with Crippen LogP contribution in [-0.2, 0) is 4.74 Å². The molecule has 0 N–H and O–H groups in total. The van der Waals surface area contributed by atoms with Gasteiger partial charge in [-0.1, -0.05) is 30.3 Å². The molecule has 2 saturated heterocycles. The smallest absolute Gasteiger partial charge is 0.410 e. The maximum absolute atomic E-state index is 12.4. The summed E-state index contributed by atoms with van der Waals surface area (Å²) in [6.07, 6.45) is 3.10. The van der Waals surface area contributed by atoms with Gasteiger partial charge in [0.05, 0.1) is 13.2 Å². The number of hydrogen-bond donors (Lipinski definition) is 0. The second-order valence-electron chi connectivity index (χ2n) is 9.06. The summed E-state index contributed by atoms with van der Waals surface area (Å²) in [5.41, 5.74) is 1.01. The van der Waals surface area contributed by atoms with E-state index in [1.807, 2.05) is 53.4 Å². The number of carbonyl (C=O) groups is 1. The highest BCUT2D eigenvalue weighted by Gasteiger charge is 2.36. The topological polar surface area (TPSA) is 60.5 Å². The predicted molar refractivity (Wildman–Crippen MR) is 124 cm³/mol. The number of rotatable bonds is 7. The first-order valence-electron chi connectivity index (χ1n) is 11.9. The summed E-state index contributed by atoms with van der Waals surface area (Å²) in [5.74, 6) is 3.08. The third-order valence-electron chi connectivity index (χ3n) is 6.99. The van der Waals surface area contributed by atoms with Gasteiger partial charge in [0.1, 0.15) is 25.1 Å². The van der Waals surface area contributed by atoms with Crippen molar-refractivity contribution in [1.82, 2.24) is 9.80 Å². The van der Waals surface area contributed by atoms with Crippen LogP contribution in [0, 0.1) is 5.92 Å². The molecule has 2 aromatic carbocycles. The summed E-state index contributed by atoms with van der Waals surface area (Å²) < 4.78 is 22.9. The number of piperidine rings is 1. The molecule has 7 nitrogen and oxygen atoms in total. The van der Waals surface area contributed by atoms with Crippen molar-refractivity contribution in [3.05, 3.63) is 54.1 Å². The fourth-order valence-electron chi connectivity index (χ4n) is 5.12. The van der Waals surface area contributed by atoms with E-state index in [1.54, 1.807) is 7.11 Å². The van der Waals surface area contributed by atoms with E-state index in [9.17, 15) is 4.79 Å². The number of hydrogen-bond acceptors (Lipinski definition) is 6. The molecule has 2 aromatic rings. The number of carbonyl (C=O) groups excluding carboxylic acids is 1. The van der Waals surface area contributed by atoms with Gasteiger partial charge in [-0.2, -0.15) is 0 Å². The summed E-state index contributed by atoms with van der Waals surface area (Å²) in [4.78, 5) is 16.8. The molecule has 7 heteroatoms. The number of ether oxygens (including phenoxy) is 4. The number of cyclic esters (lactones) is 1. The van der Waals surface area contributed by atoms with Crippen molar-refractivity contribution in [3.8, 4) is 17.2 Å². The lowest BCUT2D eigenvalue weighted by Crippen LogP contribution is -2.44. The van der Waals surface area contributed by atoms with Crippen molar-refractivity contribution in [2.24, 2.45) is 5.92 Å². The van der Waals surface area contributed by atoms with Crippen LogP contribution in [0.2, 0.25) is 0 Å². The standard InChI is InChI=1S/C26H32N2O5/c1-30-23-7-3-2-6-21(23)22-18-32-26(29)28(22)15-12-19-10-13-27(14-11-19)16-20-17-31-24-8-4-5-9-25(24)33-20/h2-9,19-20,22H,10-18H2,1H3/t20-,22?/m0/s1. The molecule has 0 aromatic heterocycles. The van der Waals surface area contributed by atoms with Crippen LogP contribution in [0.15, 0.2) is 48.5 Å². The first-order chi connectivity index (χ1) is 16.2. The van der Waals surface area contributed by atoms with Crippen molar-refractivity contribution in [2.45, 2.75) is 31.4 Å². The van der Waals surface area contributed by atoms with Crippen LogP contribution in [0.4, 0.5) is 4.79 Å². The third-order valence-corrected chi connectivity index (χ3v) is 6.99. The first kappa shape index (κ1) is 21.9. The van der Waals surface area contributed by atoms with E-state index in [0.29, 0.717) is 25.7 Å². The highest BCUT2D eigenvalue weighted by molar-refractivity contribution is 5.71. The van der Waals surface area contributed by atoms with E-state index in [-0.39, 0.29) is 18.2 Å². The van der Waals surface area contributed by atoms with Crippen LogP contribution in [0.1, 0.15) is 30.9 Å². The normalized spacial score (nSPS) is 23.4. The molecule has 3 heterocycles. The molecule has 3 aliphatic heterocycles. The van der Waals surface area contributed by atoms with Gasteiger partial charge in [0.2, 0.25) is 0 Å². The molecule has 1 amide bonds. The minimum atomic E-state index is -0.224. The maximum atomic E-state index is 12.4. The van der Waals surface area contributed by atoms with Crippen LogP contribution in [0.3, 0.4) is 0 Å². The Balaban J connectivity index is 1.10. The summed E-state index contributed by atoms with van der Waals surface area (Å²) in [7, 11) is 1.66. The largest absolute Gasteiger partial charge is 0.496 e. The number of amides is 1. The molecule has 2 atom stereocenters. The second-order valence-corrected chi connectivity index (χ2v) is 9.06. The molecule has 3 aliphatic rings. The highest BCUT2D eigenvalue weighted by atomic mass is 16.6. The van der Waals surface area contributed by atoms with Crippen molar-refractivity contribution < 1.29 is 23.7 Å². The molecule has 33 heavy (non-hydrogen) atoms. The Morgan fingerprint density at radius 1 is 0.970 bits per heavy atom. The Kier molecular flexibility index (Phi) is 6.58. The average Bonchev–Trinajstić information content (AvgIpc) is 3.23. The van der Waals surface area contributed by atoms with Crippen LogP contribution in [0.5, 0.6) is 17.2 Å². The number of methoxy groups -OCH3 is 1. The monoisotopic (exact) mass is 452 g/mol. The van der Waals surface area contributed by atoms with Crippen LogP contribution < -0.4 is 14.2 Å². The van der Waals surface area contributed by atoms with E-state index in [0.717, 1.165) is 61.7 Å². The zero-order valence-corrected chi connectivity index (χ0v) is 19.2. The van der Waals surface area contributed by atoms with E-state index >= 15 is 0 Å². The van der Waals surface area contributed by atoms with Gasteiger partial charge in [-0.3, -0.25) is 9.80 Å². The minimum Gasteiger partial charge on any atom is -0.496 e. The highest BCUT2D eigenvalue weighted by Crippen LogP contribution is 2.35. The molecular formula is C26H32N2O5. The van der Waals surface area contributed by atoms with Crippen molar-refractivity contribution in [1.29, 1.82) is 0 Å². The lowest BCUT2D eigenvalue weighted by atomic mass is 9.92. The van der Waals surface area contributed by atoms with Crippen LogP contribution in [-0.4, -0.2) is 68.5 Å². The minimum absolute atomic E-state index is 0.0671. The molecule has 1 unspecified atom stereocenters. The molecule has 0 bridgehead atoms. The molecular weight excluding hydrogens is 420 g/mol. The fraction of sp³-hybridized carbons (Fsp3) is 0.500. The number of fused-ring (bicyclic) bond motifs is 1. The Bertz CT molecular complexity index is 959. The summed E-state index contributed by atoms with van der Waals surface area (Å²) in [5, 5.41) is 0. The molecule has 176 valence electrons. The third kappa shape index (κ3) is 4.88. The van der Waals surface area contributed by atoms with Crippen LogP contribution >= 0.6 is 0 Å². The van der Waals surface area contributed by atoms with Crippen molar-refractivity contribution >= 4 is 6.09 Å². The number of likely N-dealkylation sites (tertiary alicyclic amines) is 1. The predicted octanol–water partition coefficient (Wildman–Crippen LogP) is 4.13. The molecule has 0 spiro atoms. The number of benzene rings is 2. The van der Waals surface area contributed by atoms with Crippen LogP contribution in [0.25, 0.3) is 0 Å². The SMILES string of the molecule is COc1ccccc1C1COC(=O)N1CCC1CCN(C[C@H]2COc3ccccc3O2)CC1. The van der Waals surface area contributed by atoms with Gasteiger partial charge in [-0.05, 0) is 56.5 Å². The van der Waals surface area contributed by atoms with E-state index in [4.69, 9.17) is 18.9 Å². The van der Waals surface area contributed by atoms with E-state index in [2.05, 4.69) is 4.90 Å². The summed E-state index contributed by atoms with van der Waals surface area (Å²) >= 11 is 0. The van der Waals surface area contributed by atoms with Crippen molar-refractivity contribution in [2.75, 3.05) is 46.5 Å². The molecule has 0 saturated carbocycles. The van der Waals surface area contributed by atoms with Gasteiger partial charge in [-0.15, -0.1) is 0 Å². The Labute approximate surface area is 195 Å². The Morgan fingerprint density at radius 3 is 2.55 bits per heavy atom. The number of para-hydroxylation sites is 3. The molecule has 2 fully saturated rings. The second kappa shape index (κ2) is 9.91. The lowest BCUT2D eigenvalue weighted by molar-refractivity contribution is 0.0466. The van der Waals surface area contributed by atoms with Gasteiger partial charge in [0.15, 0.2) is 11.5 Å².